The molecule has 0 bridgehead atoms. The summed E-state index contributed by atoms with van der Waals surface area (Å²) in [7, 11) is 0. The van der Waals surface area contributed by atoms with Crippen LogP contribution in [0.3, 0.4) is 0 Å². The molecular formula is C38H44O10. The number of hydrogen-bond acceptors (Lipinski definition) is 10. The summed E-state index contributed by atoms with van der Waals surface area (Å²) in [6.45, 7) is 8.90. The molecule has 0 atom stereocenters. The molecule has 3 aromatic rings. The van der Waals surface area contributed by atoms with Gasteiger partial charge in [-0.3, -0.25) is 0 Å². The van der Waals surface area contributed by atoms with Crippen molar-refractivity contribution in [3.05, 3.63) is 96.1 Å². The molecule has 0 saturated carbocycles. The van der Waals surface area contributed by atoms with Gasteiger partial charge in [0.1, 0.15) is 28.6 Å². The van der Waals surface area contributed by atoms with Gasteiger partial charge in [0, 0.05) is 6.08 Å². The normalized spacial score (nSPS) is 10.5. The summed E-state index contributed by atoms with van der Waals surface area (Å²) in [6, 6.07) is 17.2. The van der Waals surface area contributed by atoms with Crippen molar-refractivity contribution >= 4 is 23.9 Å². The highest BCUT2D eigenvalue weighted by atomic mass is 16.6. The number of rotatable bonds is 21. The van der Waals surface area contributed by atoms with Gasteiger partial charge in [0.15, 0.2) is 0 Å². The predicted molar refractivity (Wildman–Crippen MR) is 180 cm³/mol. The number of ether oxygens (including phenoxy) is 6. The topological polar surface area (TPSA) is 124 Å². The molecule has 0 aliphatic heterocycles. The molecule has 0 aliphatic rings. The lowest BCUT2D eigenvalue weighted by Gasteiger charge is -2.13. The number of carbonyl (C=O) groups is 4. The van der Waals surface area contributed by atoms with E-state index in [9.17, 15) is 19.2 Å². The van der Waals surface area contributed by atoms with Crippen LogP contribution in [-0.2, 0) is 14.3 Å². The fraction of sp³-hybridized carbons (Fsp3) is 0.368. The summed E-state index contributed by atoms with van der Waals surface area (Å²) in [5.41, 5.74) is 0.418. The quantitative estimate of drug-likeness (QED) is 0.0482. The molecule has 0 unspecified atom stereocenters. The smallest absolute Gasteiger partial charge is 0.343 e. The summed E-state index contributed by atoms with van der Waals surface area (Å²) < 4.78 is 32.9. The molecule has 0 radical (unpaired) electrons. The number of unbranched alkanes of at least 4 members (excludes halogenated alkanes) is 5. The maximum atomic E-state index is 13.2. The van der Waals surface area contributed by atoms with E-state index >= 15 is 0 Å². The first-order valence-electron chi connectivity index (χ1n) is 16.3. The van der Waals surface area contributed by atoms with Crippen molar-refractivity contribution in [3.63, 3.8) is 0 Å². The number of carbonyl (C=O) groups excluding carboxylic acids is 4. The molecule has 0 N–H and O–H groups in total. The lowest BCUT2D eigenvalue weighted by atomic mass is 10.1. The zero-order valence-corrected chi connectivity index (χ0v) is 27.7. The van der Waals surface area contributed by atoms with Crippen LogP contribution in [0, 0.1) is 0 Å². The Kier molecular flexibility index (Phi) is 16.3. The molecule has 3 aromatic carbocycles. The molecular weight excluding hydrogens is 616 g/mol. The lowest BCUT2D eigenvalue weighted by Crippen LogP contribution is -2.15. The highest BCUT2D eigenvalue weighted by molar-refractivity contribution is 5.97. The van der Waals surface area contributed by atoms with E-state index in [1.54, 1.807) is 48.5 Å². The van der Waals surface area contributed by atoms with Gasteiger partial charge in [-0.2, -0.15) is 0 Å². The Bertz CT molecular complexity index is 1480. The van der Waals surface area contributed by atoms with Crippen LogP contribution >= 0.6 is 0 Å². The first-order valence-corrected chi connectivity index (χ1v) is 16.3. The van der Waals surface area contributed by atoms with E-state index in [0.717, 1.165) is 44.6 Å². The fourth-order valence-electron chi connectivity index (χ4n) is 4.28. The monoisotopic (exact) mass is 660 g/mol. The fourth-order valence-corrected chi connectivity index (χ4v) is 4.28. The molecule has 0 aliphatic carbocycles. The molecule has 48 heavy (non-hydrogen) atoms. The van der Waals surface area contributed by atoms with Crippen molar-refractivity contribution < 1.29 is 47.6 Å². The van der Waals surface area contributed by atoms with Crippen LogP contribution in [0.5, 0.6) is 23.0 Å². The molecule has 3 rings (SSSR count). The van der Waals surface area contributed by atoms with Gasteiger partial charge in [-0.25, -0.2) is 19.2 Å². The van der Waals surface area contributed by atoms with E-state index in [1.807, 2.05) is 0 Å². The average molecular weight is 661 g/mol. The largest absolute Gasteiger partial charge is 0.494 e. The van der Waals surface area contributed by atoms with Crippen LogP contribution in [0.2, 0.25) is 0 Å². The van der Waals surface area contributed by atoms with E-state index in [0.29, 0.717) is 37.6 Å². The minimum atomic E-state index is -0.792. The van der Waals surface area contributed by atoms with Crippen molar-refractivity contribution in [2.75, 3.05) is 26.4 Å². The maximum absolute atomic E-state index is 13.2. The highest BCUT2D eigenvalue weighted by Crippen LogP contribution is 2.27. The van der Waals surface area contributed by atoms with E-state index < -0.39 is 23.9 Å². The second-order valence-corrected chi connectivity index (χ2v) is 10.8. The van der Waals surface area contributed by atoms with Crippen LogP contribution < -0.4 is 18.9 Å². The van der Waals surface area contributed by atoms with Gasteiger partial charge < -0.3 is 28.4 Å². The van der Waals surface area contributed by atoms with Crippen LogP contribution in [0.4, 0.5) is 0 Å². The standard InChI is InChI=1S/C38H44O10/c1-4-7-9-23-43-30-17-13-28(14-18-30)36(40)47-32-21-22-34(33(27-32)38(42)46-26-12-11-25-45-35(39)6-3)48-37(41)29-15-19-31(20-16-29)44-24-10-8-5-2/h6,13-22,27H,3-5,7-12,23-26H2,1-2H3. The third-order valence-corrected chi connectivity index (χ3v) is 6.98. The molecule has 10 heteroatoms. The van der Waals surface area contributed by atoms with Gasteiger partial charge in [-0.1, -0.05) is 46.1 Å². The summed E-state index contributed by atoms with van der Waals surface area (Å²) in [5.74, 6) is -1.43. The molecule has 0 saturated heterocycles. The minimum Gasteiger partial charge on any atom is -0.494 e. The Morgan fingerprint density at radius 2 is 1.04 bits per heavy atom. The van der Waals surface area contributed by atoms with Gasteiger partial charge in [0.2, 0.25) is 0 Å². The van der Waals surface area contributed by atoms with Crippen molar-refractivity contribution in [2.45, 2.75) is 65.2 Å². The van der Waals surface area contributed by atoms with Crippen LogP contribution in [0.15, 0.2) is 79.4 Å². The van der Waals surface area contributed by atoms with E-state index in [2.05, 4.69) is 20.4 Å². The zero-order chi connectivity index (χ0) is 34.6. The zero-order valence-electron chi connectivity index (χ0n) is 27.7. The van der Waals surface area contributed by atoms with Gasteiger partial charge in [0.25, 0.3) is 0 Å². The second kappa shape index (κ2) is 20.9. The molecule has 0 amide bonds. The minimum absolute atomic E-state index is 0.00839. The van der Waals surface area contributed by atoms with Gasteiger partial charge in [0.05, 0.1) is 37.6 Å². The lowest BCUT2D eigenvalue weighted by molar-refractivity contribution is -0.137. The van der Waals surface area contributed by atoms with E-state index in [-0.39, 0.29) is 41.4 Å². The number of benzene rings is 3. The van der Waals surface area contributed by atoms with Gasteiger partial charge in [-0.05, 0) is 92.4 Å². The van der Waals surface area contributed by atoms with Crippen molar-refractivity contribution in [1.82, 2.24) is 0 Å². The van der Waals surface area contributed by atoms with Crippen LogP contribution in [0.1, 0.15) is 96.3 Å². The van der Waals surface area contributed by atoms with E-state index in [1.165, 1.54) is 18.2 Å². The summed E-state index contributed by atoms with van der Waals surface area (Å²) >= 11 is 0. The Morgan fingerprint density at radius 3 is 1.56 bits per heavy atom. The van der Waals surface area contributed by atoms with E-state index in [4.69, 9.17) is 28.4 Å². The number of esters is 4. The Hall–Kier alpha value is -5.12. The van der Waals surface area contributed by atoms with Crippen molar-refractivity contribution in [3.8, 4) is 23.0 Å². The SMILES string of the molecule is C=CC(=O)OCCCCOC(=O)c1cc(OC(=O)c2ccc(OCCCCC)cc2)ccc1OC(=O)c1ccc(OCCCCC)cc1. The maximum Gasteiger partial charge on any atom is 0.343 e. The Morgan fingerprint density at radius 1 is 0.562 bits per heavy atom. The molecule has 10 nitrogen and oxygen atoms in total. The summed E-state index contributed by atoms with van der Waals surface area (Å²) in [4.78, 5) is 50.3. The average Bonchev–Trinajstić information content (AvgIpc) is 3.11. The number of hydrogen-bond donors (Lipinski definition) is 0. The Balaban J connectivity index is 1.69. The molecule has 0 spiro atoms. The Labute approximate surface area is 281 Å². The summed E-state index contributed by atoms with van der Waals surface area (Å²) in [5, 5.41) is 0. The third-order valence-electron chi connectivity index (χ3n) is 6.98. The first kappa shape index (κ1) is 37.3. The molecule has 0 aromatic heterocycles. The van der Waals surface area contributed by atoms with Crippen LogP contribution in [-0.4, -0.2) is 50.3 Å². The molecule has 0 fully saturated rings. The highest BCUT2D eigenvalue weighted by Gasteiger charge is 2.21. The molecule has 0 heterocycles. The van der Waals surface area contributed by atoms with Crippen LogP contribution in [0.25, 0.3) is 0 Å². The second-order valence-electron chi connectivity index (χ2n) is 10.8. The molecule has 256 valence electrons. The third kappa shape index (κ3) is 12.9. The van der Waals surface area contributed by atoms with Crippen molar-refractivity contribution in [1.29, 1.82) is 0 Å². The van der Waals surface area contributed by atoms with Crippen molar-refractivity contribution in [2.24, 2.45) is 0 Å². The van der Waals surface area contributed by atoms with Gasteiger partial charge in [-0.15, -0.1) is 0 Å². The first-order chi connectivity index (χ1) is 23.3. The summed E-state index contributed by atoms with van der Waals surface area (Å²) in [6.07, 6.45) is 8.14. The van der Waals surface area contributed by atoms with Gasteiger partial charge >= 0.3 is 23.9 Å². The predicted octanol–water partition coefficient (Wildman–Crippen LogP) is 7.93.